The summed E-state index contributed by atoms with van der Waals surface area (Å²) < 4.78 is 11.2. The van der Waals surface area contributed by atoms with Crippen molar-refractivity contribution in [3.63, 3.8) is 0 Å². The van der Waals surface area contributed by atoms with Crippen molar-refractivity contribution in [2.75, 3.05) is 6.61 Å². The summed E-state index contributed by atoms with van der Waals surface area (Å²) in [6.07, 6.45) is 14.6. The molecule has 0 N–H and O–H groups in total. The average Bonchev–Trinajstić information content (AvgIpc) is 2.80. The van der Waals surface area contributed by atoms with Crippen LogP contribution in [-0.4, -0.2) is 22.5 Å². The SMILES string of the molecule is CCCCCCCCCOc1cnc(-c2ccc(OC(=O)CCC(C)CC)cc2)nc1. The van der Waals surface area contributed by atoms with Crippen molar-refractivity contribution in [2.45, 2.75) is 85.0 Å². The number of carbonyl (C=O) groups is 1. The van der Waals surface area contributed by atoms with Crippen molar-refractivity contribution in [3.05, 3.63) is 36.7 Å². The van der Waals surface area contributed by atoms with Gasteiger partial charge in [0.25, 0.3) is 0 Å². The maximum atomic E-state index is 12.0. The molecule has 2 rings (SSSR count). The van der Waals surface area contributed by atoms with Gasteiger partial charge in [0.2, 0.25) is 0 Å². The molecule has 1 aromatic carbocycles. The Kier molecular flexibility index (Phi) is 11.7. The topological polar surface area (TPSA) is 61.3 Å². The lowest BCUT2D eigenvalue weighted by atomic mass is 10.0. The molecule has 31 heavy (non-hydrogen) atoms. The van der Waals surface area contributed by atoms with E-state index in [1.165, 1.54) is 38.5 Å². The van der Waals surface area contributed by atoms with Gasteiger partial charge in [0.1, 0.15) is 5.75 Å². The molecule has 5 heteroatoms. The summed E-state index contributed by atoms with van der Waals surface area (Å²) >= 11 is 0. The quantitative estimate of drug-likeness (QED) is 0.174. The van der Waals surface area contributed by atoms with E-state index in [1.54, 1.807) is 24.5 Å². The normalized spacial score (nSPS) is 11.8. The number of aromatic nitrogens is 2. The molecule has 1 unspecified atom stereocenters. The molecule has 5 nitrogen and oxygen atoms in total. The summed E-state index contributed by atoms with van der Waals surface area (Å²) in [4.78, 5) is 20.8. The first-order valence-electron chi connectivity index (χ1n) is 11.9. The van der Waals surface area contributed by atoms with E-state index >= 15 is 0 Å². The van der Waals surface area contributed by atoms with Gasteiger partial charge in [-0.05, 0) is 43.0 Å². The minimum absolute atomic E-state index is 0.188. The first-order chi connectivity index (χ1) is 15.1. The van der Waals surface area contributed by atoms with Crippen LogP contribution in [-0.2, 0) is 4.79 Å². The van der Waals surface area contributed by atoms with Crippen LogP contribution in [0.5, 0.6) is 11.5 Å². The Bertz CT molecular complexity index is 744. The Morgan fingerprint density at radius 3 is 2.19 bits per heavy atom. The van der Waals surface area contributed by atoms with E-state index in [1.807, 2.05) is 12.1 Å². The first-order valence-corrected chi connectivity index (χ1v) is 11.9. The van der Waals surface area contributed by atoms with Crippen molar-refractivity contribution in [1.82, 2.24) is 9.97 Å². The van der Waals surface area contributed by atoms with E-state index in [9.17, 15) is 4.79 Å². The number of ether oxygens (including phenoxy) is 2. The standard InChI is InChI=1S/C26H38N2O3/c1-4-6-7-8-9-10-11-18-30-24-19-27-26(28-20-24)22-13-15-23(16-14-22)31-25(29)17-12-21(3)5-2/h13-16,19-21H,4-12,17-18H2,1-3H3. The number of carbonyl (C=O) groups excluding carboxylic acids is 1. The molecule has 0 saturated heterocycles. The Hall–Kier alpha value is -2.43. The highest BCUT2D eigenvalue weighted by Crippen LogP contribution is 2.21. The van der Waals surface area contributed by atoms with Crippen LogP contribution in [0, 0.1) is 5.92 Å². The predicted molar refractivity (Wildman–Crippen MR) is 125 cm³/mol. The third-order valence-electron chi connectivity index (χ3n) is 5.53. The number of hydrogen-bond donors (Lipinski definition) is 0. The van der Waals surface area contributed by atoms with Crippen molar-refractivity contribution >= 4 is 5.97 Å². The number of rotatable bonds is 15. The third-order valence-corrected chi connectivity index (χ3v) is 5.53. The number of nitrogens with zero attached hydrogens (tertiary/aromatic N) is 2. The highest BCUT2D eigenvalue weighted by molar-refractivity contribution is 5.72. The van der Waals surface area contributed by atoms with Gasteiger partial charge in [0, 0.05) is 12.0 Å². The van der Waals surface area contributed by atoms with Gasteiger partial charge in [-0.15, -0.1) is 0 Å². The Labute approximate surface area is 187 Å². The van der Waals surface area contributed by atoms with Gasteiger partial charge in [-0.3, -0.25) is 4.79 Å². The second-order valence-corrected chi connectivity index (χ2v) is 8.26. The Morgan fingerprint density at radius 2 is 1.55 bits per heavy atom. The van der Waals surface area contributed by atoms with Crippen LogP contribution in [0.1, 0.15) is 85.0 Å². The van der Waals surface area contributed by atoms with E-state index < -0.39 is 0 Å². The molecule has 0 aliphatic heterocycles. The van der Waals surface area contributed by atoms with Gasteiger partial charge < -0.3 is 9.47 Å². The summed E-state index contributed by atoms with van der Waals surface area (Å²) in [6.45, 7) is 7.22. The minimum atomic E-state index is -0.188. The second-order valence-electron chi connectivity index (χ2n) is 8.26. The molecule has 1 atom stereocenters. The lowest BCUT2D eigenvalue weighted by molar-refractivity contribution is -0.134. The summed E-state index contributed by atoms with van der Waals surface area (Å²) in [5, 5.41) is 0. The smallest absolute Gasteiger partial charge is 0.311 e. The summed E-state index contributed by atoms with van der Waals surface area (Å²) in [5.41, 5.74) is 0.873. The molecule has 0 radical (unpaired) electrons. The van der Waals surface area contributed by atoms with E-state index in [0.29, 0.717) is 36.3 Å². The van der Waals surface area contributed by atoms with Crippen molar-refractivity contribution in [1.29, 1.82) is 0 Å². The van der Waals surface area contributed by atoms with E-state index in [-0.39, 0.29) is 5.97 Å². The molecular formula is C26H38N2O3. The fraction of sp³-hybridized carbons (Fsp3) is 0.577. The van der Waals surface area contributed by atoms with Crippen LogP contribution in [0.3, 0.4) is 0 Å². The van der Waals surface area contributed by atoms with E-state index in [2.05, 4.69) is 30.7 Å². The monoisotopic (exact) mass is 426 g/mol. The fourth-order valence-electron chi connectivity index (χ4n) is 3.21. The van der Waals surface area contributed by atoms with Crippen molar-refractivity contribution < 1.29 is 14.3 Å². The zero-order valence-corrected chi connectivity index (χ0v) is 19.4. The van der Waals surface area contributed by atoms with E-state index in [0.717, 1.165) is 24.8 Å². The molecule has 2 aromatic rings. The average molecular weight is 427 g/mol. The van der Waals surface area contributed by atoms with Crippen LogP contribution in [0.4, 0.5) is 0 Å². The summed E-state index contributed by atoms with van der Waals surface area (Å²) in [5.74, 6) is 2.22. The molecular weight excluding hydrogens is 388 g/mol. The molecule has 0 amide bonds. The molecule has 0 spiro atoms. The highest BCUT2D eigenvalue weighted by atomic mass is 16.5. The Morgan fingerprint density at radius 1 is 0.903 bits per heavy atom. The molecule has 0 saturated carbocycles. The summed E-state index contributed by atoms with van der Waals surface area (Å²) in [7, 11) is 0. The van der Waals surface area contributed by atoms with Gasteiger partial charge >= 0.3 is 5.97 Å². The first kappa shape index (κ1) is 24.8. The van der Waals surface area contributed by atoms with Crippen LogP contribution >= 0.6 is 0 Å². The second kappa shape index (κ2) is 14.6. The fourth-order valence-corrected chi connectivity index (χ4v) is 3.21. The number of hydrogen-bond acceptors (Lipinski definition) is 5. The van der Waals surface area contributed by atoms with Gasteiger partial charge in [0.05, 0.1) is 19.0 Å². The van der Waals surface area contributed by atoms with Gasteiger partial charge in [-0.1, -0.05) is 65.7 Å². The molecule has 0 bridgehead atoms. The third kappa shape index (κ3) is 9.95. The predicted octanol–water partition coefficient (Wildman–Crippen LogP) is 7.00. The largest absolute Gasteiger partial charge is 0.490 e. The van der Waals surface area contributed by atoms with Crippen LogP contribution < -0.4 is 9.47 Å². The van der Waals surface area contributed by atoms with Crippen LogP contribution in [0.2, 0.25) is 0 Å². The van der Waals surface area contributed by atoms with Crippen LogP contribution in [0.15, 0.2) is 36.7 Å². The molecule has 1 heterocycles. The maximum absolute atomic E-state index is 12.0. The van der Waals surface area contributed by atoms with E-state index in [4.69, 9.17) is 9.47 Å². The van der Waals surface area contributed by atoms with Gasteiger partial charge in [-0.25, -0.2) is 9.97 Å². The molecule has 0 fully saturated rings. The Balaban J connectivity index is 1.72. The van der Waals surface area contributed by atoms with Crippen molar-refractivity contribution in [3.8, 4) is 22.9 Å². The molecule has 1 aromatic heterocycles. The number of benzene rings is 1. The molecule has 170 valence electrons. The molecule has 0 aliphatic carbocycles. The van der Waals surface area contributed by atoms with Crippen LogP contribution in [0.25, 0.3) is 11.4 Å². The lowest BCUT2D eigenvalue weighted by Crippen LogP contribution is -2.09. The van der Waals surface area contributed by atoms with Gasteiger partial charge in [0.15, 0.2) is 11.6 Å². The zero-order valence-electron chi connectivity index (χ0n) is 19.4. The molecule has 0 aliphatic rings. The lowest BCUT2D eigenvalue weighted by Gasteiger charge is -2.09. The van der Waals surface area contributed by atoms with Gasteiger partial charge in [-0.2, -0.15) is 0 Å². The maximum Gasteiger partial charge on any atom is 0.311 e. The summed E-state index contributed by atoms with van der Waals surface area (Å²) in [6, 6.07) is 7.30. The number of unbranched alkanes of at least 4 members (excludes halogenated alkanes) is 6. The van der Waals surface area contributed by atoms with Crippen molar-refractivity contribution in [2.24, 2.45) is 5.92 Å². The highest BCUT2D eigenvalue weighted by Gasteiger charge is 2.09. The minimum Gasteiger partial charge on any atom is -0.490 e. The number of esters is 1. The zero-order chi connectivity index (χ0) is 22.3.